The minimum atomic E-state index is -0.674. The van der Waals surface area contributed by atoms with Crippen LogP contribution in [0.3, 0.4) is 0 Å². The van der Waals surface area contributed by atoms with E-state index in [9.17, 15) is 14.5 Å². The molecule has 0 saturated carbocycles. The van der Waals surface area contributed by atoms with Crippen LogP contribution in [0.1, 0.15) is 5.56 Å². The fourth-order valence-electron chi connectivity index (χ4n) is 1.54. The van der Waals surface area contributed by atoms with Gasteiger partial charge in [-0.3, -0.25) is 10.1 Å². The van der Waals surface area contributed by atoms with Crippen LogP contribution in [0.5, 0.6) is 11.5 Å². The predicted molar refractivity (Wildman–Crippen MR) is 72.0 cm³/mol. The number of nitrogens with zero attached hydrogens (tertiary/aromatic N) is 2. The third kappa shape index (κ3) is 3.10. The van der Waals surface area contributed by atoms with Crippen molar-refractivity contribution in [3.05, 3.63) is 62.4 Å². The van der Waals surface area contributed by atoms with E-state index in [1.807, 2.05) is 0 Å². The molecule has 0 radical (unpaired) electrons. The molecule has 0 aliphatic heterocycles. The Bertz CT molecular complexity index is 708. The fraction of sp³-hybridized carbons (Fsp3) is 0. The number of hydrogen-bond donors (Lipinski definition) is 0. The Morgan fingerprint density at radius 2 is 2.00 bits per heavy atom. The highest BCUT2D eigenvalue weighted by Crippen LogP contribution is 2.29. The lowest BCUT2D eigenvalue weighted by Crippen LogP contribution is -1.93. The molecule has 0 fully saturated rings. The molecule has 0 spiro atoms. The molecule has 0 N–H and O–H groups in total. The lowest BCUT2D eigenvalue weighted by atomic mass is 10.2. The Morgan fingerprint density at radius 1 is 1.25 bits per heavy atom. The molecule has 5 nitrogen and oxygen atoms in total. The fourth-order valence-corrected chi connectivity index (χ4v) is 1.99. The summed E-state index contributed by atoms with van der Waals surface area (Å²) < 4.78 is 19.0. The van der Waals surface area contributed by atoms with Gasteiger partial charge in [0.15, 0.2) is 0 Å². The molecule has 0 saturated heterocycles. The second-order valence-corrected chi connectivity index (χ2v) is 4.67. The molecule has 20 heavy (non-hydrogen) atoms. The summed E-state index contributed by atoms with van der Waals surface area (Å²) in [4.78, 5) is 10.2. The van der Waals surface area contributed by atoms with Gasteiger partial charge >= 0.3 is 0 Å². The summed E-state index contributed by atoms with van der Waals surface area (Å²) in [6.45, 7) is 0. The van der Waals surface area contributed by atoms with Crippen molar-refractivity contribution in [1.82, 2.24) is 0 Å². The van der Waals surface area contributed by atoms with E-state index < -0.39 is 10.7 Å². The average molecular weight is 337 g/mol. The predicted octanol–water partition coefficient (Wildman–Crippen LogP) is 4.16. The number of hydrogen-bond acceptors (Lipinski definition) is 4. The van der Waals surface area contributed by atoms with Gasteiger partial charge in [0.1, 0.15) is 28.9 Å². The molecule has 0 heterocycles. The summed E-state index contributed by atoms with van der Waals surface area (Å²) in [6.07, 6.45) is 0. The maximum atomic E-state index is 13.2. The molecular weight excluding hydrogens is 331 g/mol. The average Bonchev–Trinajstić information content (AvgIpc) is 2.37. The van der Waals surface area contributed by atoms with Gasteiger partial charge in [0.25, 0.3) is 5.69 Å². The van der Waals surface area contributed by atoms with E-state index in [1.54, 1.807) is 6.07 Å². The summed E-state index contributed by atoms with van der Waals surface area (Å²) in [5.74, 6) is -0.165. The summed E-state index contributed by atoms with van der Waals surface area (Å²) in [7, 11) is 0. The third-order valence-corrected chi connectivity index (χ3v) is 2.82. The van der Waals surface area contributed by atoms with Gasteiger partial charge < -0.3 is 4.74 Å². The van der Waals surface area contributed by atoms with Gasteiger partial charge in [0.05, 0.1) is 11.0 Å². The first-order valence-electron chi connectivity index (χ1n) is 5.32. The lowest BCUT2D eigenvalue weighted by molar-refractivity contribution is -0.385. The van der Waals surface area contributed by atoms with Crippen molar-refractivity contribution in [2.45, 2.75) is 0 Å². The molecule has 0 bridgehead atoms. The van der Waals surface area contributed by atoms with Crippen LogP contribution >= 0.6 is 15.9 Å². The summed E-state index contributed by atoms with van der Waals surface area (Å²) in [5, 5.41) is 19.6. The van der Waals surface area contributed by atoms with Crippen molar-refractivity contribution >= 4 is 21.6 Å². The minimum absolute atomic E-state index is 0.0669. The number of nitriles is 1. The van der Waals surface area contributed by atoms with Gasteiger partial charge in [-0.2, -0.15) is 5.26 Å². The molecule has 0 aliphatic rings. The molecule has 2 rings (SSSR count). The van der Waals surface area contributed by atoms with E-state index in [4.69, 9.17) is 10.00 Å². The monoisotopic (exact) mass is 336 g/mol. The molecule has 0 aromatic heterocycles. The zero-order valence-corrected chi connectivity index (χ0v) is 11.4. The number of rotatable bonds is 3. The van der Waals surface area contributed by atoms with Crippen molar-refractivity contribution in [3.8, 4) is 17.6 Å². The van der Waals surface area contributed by atoms with Crippen LogP contribution in [0.25, 0.3) is 0 Å². The van der Waals surface area contributed by atoms with Gasteiger partial charge in [-0.1, -0.05) is 15.9 Å². The van der Waals surface area contributed by atoms with Crippen molar-refractivity contribution in [3.63, 3.8) is 0 Å². The molecular formula is C13H6BrFN2O3. The van der Waals surface area contributed by atoms with E-state index in [-0.39, 0.29) is 22.7 Å². The van der Waals surface area contributed by atoms with Gasteiger partial charge in [0.2, 0.25) is 0 Å². The Labute approximate surface area is 121 Å². The van der Waals surface area contributed by atoms with E-state index in [0.29, 0.717) is 4.47 Å². The van der Waals surface area contributed by atoms with Gasteiger partial charge in [-0.15, -0.1) is 0 Å². The first-order chi connectivity index (χ1) is 9.49. The normalized spacial score (nSPS) is 9.85. The number of halogens is 2. The maximum Gasteiger partial charge on any atom is 0.290 e. The quantitative estimate of drug-likeness (QED) is 0.622. The van der Waals surface area contributed by atoms with E-state index >= 15 is 0 Å². The number of ether oxygens (including phenoxy) is 1. The van der Waals surface area contributed by atoms with Crippen molar-refractivity contribution in [2.75, 3.05) is 0 Å². The standard InChI is InChI=1S/C13H6BrFN2O3/c14-9-3-10(15)5-12(4-9)20-11-2-1-8(7-16)13(6-11)17(18)19/h1-6H. The van der Waals surface area contributed by atoms with Gasteiger partial charge in [-0.25, -0.2) is 4.39 Å². The van der Waals surface area contributed by atoms with E-state index in [2.05, 4.69) is 15.9 Å². The molecule has 0 unspecified atom stereocenters. The second-order valence-electron chi connectivity index (χ2n) is 3.76. The molecule has 2 aromatic rings. The minimum Gasteiger partial charge on any atom is -0.457 e. The number of nitro benzene ring substituents is 1. The Balaban J connectivity index is 2.37. The van der Waals surface area contributed by atoms with Gasteiger partial charge in [0, 0.05) is 10.5 Å². The first-order valence-corrected chi connectivity index (χ1v) is 6.11. The first kappa shape index (κ1) is 14.0. The maximum absolute atomic E-state index is 13.2. The number of benzene rings is 2. The van der Waals surface area contributed by atoms with Crippen LogP contribution < -0.4 is 4.74 Å². The molecule has 0 aliphatic carbocycles. The lowest BCUT2D eigenvalue weighted by Gasteiger charge is -2.06. The highest BCUT2D eigenvalue weighted by atomic mass is 79.9. The number of nitro groups is 1. The zero-order valence-electron chi connectivity index (χ0n) is 9.84. The second kappa shape index (κ2) is 5.67. The zero-order chi connectivity index (χ0) is 14.7. The third-order valence-electron chi connectivity index (χ3n) is 2.36. The van der Waals surface area contributed by atoms with Crippen LogP contribution in [0.2, 0.25) is 0 Å². The molecule has 0 amide bonds. The van der Waals surface area contributed by atoms with Crippen molar-refractivity contribution < 1.29 is 14.1 Å². The van der Waals surface area contributed by atoms with Crippen LogP contribution in [-0.2, 0) is 0 Å². The van der Waals surface area contributed by atoms with E-state index in [0.717, 1.165) is 12.1 Å². The molecule has 7 heteroatoms. The Morgan fingerprint density at radius 3 is 2.60 bits per heavy atom. The SMILES string of the molecule is N#Cc1ccc(Oc2cc(F)cc(Br)c2)cc1[N+](=O)[O-]. The topological polar surface area (TPSA) is 76.2 Å². The van der Waals surface area contributed by atoms with Crippen LogP contribution in [0, 0.1) is 27.3 Å². The van der Waals surface area contributed by atoms with Gasteiger partial charge in [-0.05, 0) is 24.3 Å². The highest BCUT2D eigenvalue weighted by Gasteiger charge is 2.15. The smallest absolute Gasteiger partial charge is 0.290 e. The highest BCUT2D eigenvalue weighted by molar-refractivity contribution is 9.10. The summed E-state index contributed by atoms with van der Waals surface area (Å²) in [6, 6.07) is 9.46. The van der Waals surface area contributed by atoms with E-state index in [1.165, 1.54) is 24.3 Å². The van der Waals surface area contributed by atoms with Crippen LogP contribution in [-0.4, -0.2) is 4.92 Å². The molecule has 0 atom stereocenters. The molecule has 2 aromatic carbocycles. The molecule has 100 valence electrons. The van der Waals surface area contributed by atoms with Crippen LogP contribution in [0.15, 0.2) is 40.9 Å². The van der Waals surface area contributed by atoms with Crippen molar-refractivity contribution in [1.29, 1.82) is 5.26 Å². The Hall–Kier alpha value is -2.46. The largest absolute Gasteiger partial charge is 0.457 e. The Kier molecular flexibility index (Phi) is 3.96. The summed E-state index contributed by atoms with van der Waals surface area (Å²) in [5.41, 5.74) is -0.428. The summed E-state index contributed by atoms with van der Waals surface area (Å²) >= 11 is 3.12. The van der Waals surface area contributed by atoms with Crippen molar-refractivity contribution in [2.24, 2.45) is 0 Å². The van der Waals surface area contributed by atoms with Crippen LogP contribution in [0.4, 0.5) is 10.1 Å².